The smallest absolute Gasteiger partial charge is 0.235 e. The quantitative estimate of drug-likeness (QED) is 0.624. The fourth-order valence-corrected chi connectivity index (χ4v) is 3.15. The fraction of sp³-hybridized carbons (Fsp3) is 0.412. The number of fused-ring (bicyclic) bond motifs is 1. The second-order valence-electron chi connectivity index (χ2n) is 5.94. The highest BCUT2D eigenvalue weighted by atomic mass is 16.6. The maximum absolute atomic E-state index is 10.6. The summed E-state index contributed by atoms with van der Waals surface area (Å²) in [7, 11) is 1.58. The predicted molar refractivity (Wildman–Crippen MR) is 89.8 cm³/mol. The lowest BCUT2D eigenvalue weighted by Crippen LogP contribution is -2.44. The molecule has 0 saturated heterocycles. The third kappa shape index (κ3) is 2.84. The van der Waals surface area contributed by atoms with Crippen LogP contribution in [0.15, 0.2) is 24.4 Å². The van der Waals surface area contributed by atoms with Crippen LogP contribution in [-0.4, -0.2) is 24.1 Å². The van der Waals surface area contributed by atoms with Gasteiger partial charge in [-0.1, -0.05) is 6.08 Å². The summed E-state index contributed by atoms with van der Waals surface area (Å²) < 4.78 is 5.42. The average Bonchev–Trinajstić information content (AvgIpc) is 2.43. The Morgan fingerprint density at radius 3 is 2.64 bits per heavy atom. The molecule has 0 aromatic heterocycles. The number of rotatable bonds is 4. The van der Waals surface area contributed by atoms with Gasteiger partial charge >= 0.3 is 0 Å². The SMILES string of the molecule is CCN1c2cc(OC)c(/C=C/[N+](=O)[O-])cc2C(C)=CC1(C)C. The normalized spacial score (nSPS) is 16.4. The maximum Gasteiger partial charge on any atom is 0.235 e. The van der Waals surface area contributed by atoms with Gasteiger partial charge < -0.3 is 9.64 Å². The van der Waals surface area contributed by atoms with Gasteiger partial charge in [-0.05, 0) is 39.3 Å². The molecule has 0 amide bonds. The summed E-state index contributed by atoms with van der Waals surface area (Å²) in [4.78, 5) is 12.4. The van der Waals surface area contributed by atoms with Gasteiger partial charge in [0.15, 0.2) is 0 Å². The van der Waals surface area contributed by atoms with E-state index in [9.17, 15) is 10.1 Å². The van der Waals surface area contributed by atoms with Crippen molar-refractivity contribution in [1.29, 1.82) is 0 Å². The summed E-state index contributed by atoms with van der Waals surface area (Å²) in [5.74, 6) is 0.640. The summed E-state index contributed by atoms with van der Waals surface area (Å²) in [6, 6.07) is 3.93. The second kappa shape index (κ2) is 5.83. The van der Waals surface area contributed by atoms with Crippen molar-refractivity contribution in [3.05, 3.63) is 45.6 Å². The van der Waals surface area contributed by atoms with Crippen LogP contribution in [0.1, 0.15) is 38.8 Å². The van der Waals surface area contributed by atoms with Gasteiger partial charge in [0.1, 0.15) is 5.75 Å². The molecule has 0 bridgehead atoms. The van der Waals surface area contributed by atoms with Crippen LogP contribution in [0.3, 0.4) is 0 Å². The van der Waals surface area contributed by atoms with Crippen molar-refractivity contribution in [3.63, 3.8) is 0 Å². The maximum atomic E-state index is 10.6. The molecule has 1 aliphatic heterocycles. The van der Waals surface area contributed by atoms with Crippen LogP contribution in [0.4, 0.5) is 5.69 Å². The molecule has 0 aliphatic carbocycles. The van der Waals surface area contributed by atoms with Crippen molar-refractivity contribution in [2.75, 3.05) is 18.6 Å². The van der Waals surface area contributed by atoms with Crippen LogP contribution < -0.4 is 9.64 Å². The Bertz CT molecular complexity index is 660. The summed E-state index contributed by atoms with van der Waals surface area (Å²) in [5, 5.41) is 10.6. The van der Waals surface area contributed by atoms with E-state index in [0.29, 0.717) is 11.3 Å². The molecule has 0 spiro atoms. The molecule has 22 heavy (non-hydrogen) atoms. The standard InChI is InChI=1S/C17H22N2O3/c1-6-18-15-10-16(22-5)13(7-8-19(20)21)9-14(15)12(2)11-17(18,3)4/h7-11H,6H2,1-5H3/b8-7+. The van der Waals surface area contributed by atoms with Gasteiger partial charge in [0.05, 0.1) is 17.6 Å². The average molecular weight is 302 g/mol. The summed E-state index contributed by atoms with van der Waals surface area (Å²) >= 11 is 0. The second-order valence-corrected chi connectivity index (χ2v) is 5.94. The highest BCUT2D eigenvalue weighted by Crippen LogP contribution is 2.42. The lowest BCUT2D eigenvalue weighted by atomic mass is 9.87. The van der Waals surface area contributed by atoms with E-state index in [0.717, 1.165) is 24.0 Å². The van der Waals surface area contributed by atoms with Gasteiger partial charge in [0.2, 0.25) is 6.20 Å². The number of likely N-dealkylation sites (N-methyl/N-ethyl adjacent to an activating group) is 1. The van der Waals surface area contributed by atoms with Crippen molar-refractivity contribution >= 4 is 17.3 Å². The monoisotopic (exact) mass is 302 g/mol. The Kier molecular flexibility index (Phi) is 4.26. The number of anilines is 1. The van der Waals surface area contributed by atoms with Crippen molar-refractivity contribution < 1.29 is 9.66 Å². The van der Waals surface area contributed by atoms with Crippen LogP contribution in [0.2, 0.25) is 0 Å². The van der Waals surface area contributed by atoms with E-state index < -0.39 is 4.92 Å². The number of ether oxygens (including phenoxy) is 1. The molecular formula is C17H22N2O3. The van der Waals surface area contributed by atoms with E-state index >= 15 is 0 Å². The molecule has 0 N–H and O–H groups in total. The van der Waals surface area contributed by atoms with E-state index in [1.54, 1.807) is 7.11 Å². The summed E-state index contributed by atoms with van der Waals surface area (Å²) in [5.41, 5.74) is 3.99. The number of methoxy groups -OCH3 is 1. The zero-order valence-electron chi connectivity index (χ0n) is 13.7. The zero-order valence-corrected chi connectivity index (χ0v) is 13.7. The summed E-state index contributed by atoms with van der Waals surface area (Å²) in [6.07, 6.45) is 4.64. The molecule has 0 radical (unpaired) electrons. The molecule has 1 aromatic rings. The first-order valence-corrected chi connectivity index (χ1v) is 7.31. The highest BCUT2D eigenvalue weighted by Gasteiger charge is 2.31. The lowest BCUT2D eigenvalue weighted by molar-refractivity contribution is -0.400. The Balaban J connectivity index is 2.64. The Hall–Kier alpha value is -2.30. The Morgan fingerprint density at radius 2 is 2.09 bits per heavy atom. The van der Waals surface area contributed by atoms with Gasteiger partial charge in [-0.25, -0.2) is 0 Å². The summed E-state index contributed by atoms with van der Waals surface area (Å²) in [6.45, 7) is 9.41. The van der Waals surface area contributed by atoms with Crippen LogP contribution in [0.5, 0.6) is 5.75 Å². The molecular weight excluding hydrogens is 280 g/mol. The number of nitro groups is 1. The third-order valence-corrected chi connectivity index (χ3v) is 4.02. The van der Waals surface area contributed by atoms with Crippen molar-refractivity contribution in [2.45, 2.75) is 33.2 Å². The van der Waals surface area contributed by atoms with Gasteiger partial charge in [-0.15, -0.1) is 0 Å². The molecule has 0 saturated carbocycles. The molecule has 0 unspecified atom stereocenters. The van der Waals surface area contributed by atoms with Crippen LogP contribution >= 0.6 is 0 Å². The minimum absolute atomic E-state index is 0.0744. The minimum atomic E-state index is -0.469. The van der Waals surface area contributed by atoms with Crippen LogP contribution in [0, 0.1) is 10.1 Å². The van der Waals surface area contributed by atoms with Crippen molar-refractivity contribution in [3.8, 4) is 5.75 Å². The third-order valence-electron chi connectivity index (χ3n) is 4.02. The van der Waals surface area contributed by atoms with E-state index in [-0.39, 0.29) is 5.54 Å². The number of allylic oxidation sites excluding steroid dienone is 1. The molecule has 2 rings (SSSR count). The number of benzene rings is 1. The molecule has 118 valence electrons. The van der Waals surface area contributed by atoms with Gasteiger partial charge in [-0.2, -0.15) is 0 Å². The fourth-order valence-electron chi connectivity index (χ4n) is 3.15. The molecule has 1 aromatic carbocycles. The van der Waals surface area contributed by atoms with Crippen LogP contribution in [0.25, 0.3) is 11.6 Å². The predicted octanol–water partition coefficient (Wildman–Crippen LogP) is 3.96. The zero-order chi connectivity index (χ0) is 16.5. The number of hydrogen-bond acceptors (Lipinski definition) is 4. The van der Waals surface area contributed by atoms with E-state index in [4.69, 9.17) is 4.74 Å². The van der Waals surface area contributed by atoms with E-state index in [2.05, 4.69) is 38.7 Å². The van der Waals surface area contributed by atoms with Gasteiger partial charge in [-0.3, -0.25) is 10.1 Å². The van der Waals surface area contributed by atoms with Crippen LogP contribution in [-0.2, 0) is 0 Å². The number of nitrogens with zero attached hydrogens (tertiary/aromatic N) is 2. The first kappa shape index (κ1) is 16.1. The van der Waals surface area contributed by atoms with Crippen molar-refractivity contribution in [1.82, 2.24) is 0 Å². The lowest BCUT2D eigenvalue weighted by Gasteiger charge is -2.43. The Labute approximate surface area is 131 Å². The van der Waals surface area contributed by atoms with Gasteiger partial charge in [0, 0.05) is 35.5 Å². The highest BCUT2D eigenvalue weighted by molar-refractivity contribution is 5.84. The number of hydrogen-bond donors (Lipinski definition) is 0. The van der Waals surface area contributed by atoms with Crippen molar-refractivity contribution in [2.24, 2.45) is 0 Å². The molecule has 1 aliphatic rings. The largest absolute Gasteiger partial charge is 0.496 e. The first-order chi connectivity index (χ1) is 10.3. The molecule has 5 nitrogen and oxygen atoms in total. The topological polar surface area (TPSA) is 55.6 Å². The minimum Gasteiger partial charge on any atom is -0.496 e. The molecule has 5 heteroatoms. The Morgan fingerprint density at radius 1 is 1.41 bits per heavy atom. The van der Waals surface area contributed by atoms with E-state index in [1.165, 1.54) is 11.6 Å². The van der Waals surface area contributed by atoms with E-state index in [1.807, 2.05) is 12.1 Å². The molecule has 1 heterocycles. The van der Waals surface area contributed by atoms with Gasteiger partial charge in [0.25, 0.3) is 0 Å². The molecule has 0 fully saturated rings. The molecule has 0 atom stereocenters. The first-order valence-electron chi connectivity index (χ1n) is 7.31.